The predicted molar refractivity (Wildman–Crippen MR) is 92.4 cm³/mol. The molecule has 3 aromatic rings. The van der Waals surface area contributed by atoms with Crippen molar-refractivity contribution >= 4 is 16.8 Å². The minimum atomic E-state index is -0.239. The minimum absolute atomic E-state index is 0.117. The second kappa shape index (κ2) is 6.62. The van der Waals surface area contributed by atoms with E-state index in [-0.39, 0.29) is 17.5 Å². The van der Waals surface area contributed by atoms with Gasteiger partial charge in [0.1, 0.15) is 5.52 Å². The van der Waals surface area contributed by atoms with Gasteiger partial charge in [0.25, 0.3) is 11.5 Å². The highest BCUT2D eigenvalue weighted by Crippen LogP contribution is 2.10. The van der Waals surface area contributed by atoms with Gasteiger partial charge in [-0.2, -0.15) is 4.68 Å². The maximum absolute atomic E-state index is 12.5. The third-order valence-corrected chi connectivity index (χ3v) is 3.93. The van der Waals surface area contributed by atoms with Crippen LogP contribution in [-0.2, 0) is 0 Å². The van der Waals surface area contributed by atoms with E-state index in [9.17, 15) is 9.59 Å². The Morgan fingerprint density at radius 3 is 2.58 bits per heavy atom. The summed E-state index contributed by atoms with van der Waals surface area (Å²) >= 11 is 0. The van der Waals surface area contributed by atoms with Crippen LogP contribution < -0.4 is 10.9 Å². The SMILES string of the molecule is CCC(C)NC(=O)c1ccc(-n2nnc3ccccc3c2=O)cc1. The first-order chi connectivity index (χ1) is 11.6. The molecular weight excluding hydrogens is 304 g/mol. The summed E-state index contributed by atoms with van der Waals surface area (Å²) in [5.41, 5.74) is 1.43. The van der Waals surface area contributed by atoms with Crippen LogP contribution in [-0.4, -0.2) is 26.9 Å². The smallest absolute Gasteiger partial charge is 0.282 e. The summed E-state index contributed by atoms with van der Waals surface area (Å²) in [6.45, 7) is 3.97. The topological polar surface area (TPSA) is 76.9 Å². The zero-order valence-electron chi connectivity index (χ0n) is 13.6. The number of nitrogens with zero attached hydrogens (tertiary/aromatic N) is 3. The normalized spacial score (nSPS) is 12.1. The first kappa shape index (κ1) is 15.9. The van der Waals surface area contributed by atoms with Gasteiger partial charge in [0, 0.05) is 11.6 Å². The second-order valence-corrected chi connectivity index (χ2v) is 5.65. The Hall–Kier alpha value is -3.02. The van der Waals surface area contributed by atoms with Gasteiger partial charge in [-0.3, -0.25) is 9.59 Å². The van der Waals surface area contributed by atoms with Crippen LogP contribution in [0.15, 0.2) is 53.3 Å². The van der Waals surface area contributed by atoms with Gasteiger partial charge in [-0.05, 0) is 49.7 Å². The molecule has 122 valence electrons. The van der Waals surface area contributed by atoms with E-state index >= 15 is 0 Å². The van der Waals surface area contributed by atoms with Crippen molar-refractivity contribution in [2.75, 3.05) is 0 Å². The third-order valence-electron chi connectivity index (χ3n) is 3.93. The van der Waals surface area contributed by atoms with E-state index in [1.54, 1.807) is 42.5 Å². The molecule has 0 saturated heterocycles. The van der Waals surface area contributed by atoms with E-state index in [0.717, 1.165) is 6.42 Å². The molecule has 1 N–H and O–H groups in total. The standard InChI is InChI=1S/C18H18N4O2/c1-3-12(2)19-17(23)13-8-10-14(11-9-13)22-18(24)15-6-4-5-7-16(15)20-21-22/h4-12H,3H2,1-2H3,(H,19,23). The largest absolute Gasteiger partial charge is 0.350 e. The summed E-state index contributed by atoms with van der Waals surface area (Å²) in [7, 11) is 0. The number of rotatable bonds is 4. The molecule has 1 amide bonds. The summed E-state index contributed by atoms with van der Waals surface area (Å²) in [5.74, 6) is -0.132. The maximum atomic E-state index is 12.5. The van der Waals surface area contributed by atoms with Gasteiger partial charge in [-0.15, -0.1) is 5.10 Å². The molecule has 0 aliphatic carbocycles. The summed E-state index contributed by atoms with van der Waals surface area (Å²) in [5, 5.41) is 11.4. The summed E-state index contributed by atoms with van der Waals surface area (Å²) in [6, 6.07) is 13.9. The van der Waals surface area contributed by atoms with Gasteiger partial charge in [-0.25, -0.2) is 0 Å². The van der Waals surface area contributed by atoms with Gasteiger partial charge in [0.15, 0.2) is 0 Å². The van der Waals surface area contributed by atoms with E-state index in [0.29, 0.717) is 22.2 Å². The predicted octanol–water partition coefficient (Wildman–Crippen LogP) is 2.31. The molecule has 6 nitrogen and oxygen atoms in total. The Balaban J connectivity index is 1.93. The molecule has 0 aliphatic heterocycles. The number of carbonyl (C=O) groups excluding carboxylic acids is 1. The second-order valence-electron chi connectivity index (χ2n) is 5.65. The Labute approximate surface area is 139 Å². The quantitative estimate of drug-likeness (QED) is 0.799. The van der Waals surface area contributed by atoms with Crippen molar-refractivity contribution in [3.63, 3.8) is 0 Å². The minimum Gasteiger partial charge on any atom is -0.350 e. The molecule has 0 bridgehead atoms. The van der Waals surface area contributed by atoms with Crippen molar-refractivity contribution in [1.29, 1.82) is 0 Å². The number of fused-ring (bicyclic) bond motifs is 1. The van der Waals surface area contributed by atoms with Gasteiger partial charge in [0.2, 0.25) is 0 Å². The molecule has 1 unspecified atom stereocenters. The van der Waals surface area contributed by atoms with Crippen molar-refractivity contribution in [3.8, 4) is 5.69 Å². The maximum Gasteiger partial charge on any atom is 0.282 e. The van der Waals surface area contributed by atoms with Crippen LogP contribution in [0.5, 0.6) is 0 Å². The highest BCUT2D eigenvalue weighted by Gasteiger charge is 2.10. The van der Waals surface area contributed by atoms with Crippen molar-refractivity contribution in [2.45, 2.75) is 26.3 Å². The first-order valence-corrected chi connectivity index (χ1v) is 7.86. The van der Waals surface area contributed by atoms with Crippen molar-refractivity contribution in [3.05, 3.63) is 64.4 Å². The van der Waals surface area contributed by atoms with Gasteiger partial charge in [0.05, 0.1) is 11.1 Å². The van der Waals surface area contributed by atoms with E-state index in [1.165, 1.54) is 4.68 Å². The highest BCUT2D eigenvalue weighted by molar-refractivity contribution is 5.94. The van der Waals surface area contributed by atoms with Crippen LogP contribution in [0.2, 0.25) is 0 Å². The molecule has 1 atom stereocenters. The van der Waals surface area contributed by atoms with E-state index in [4.69, 9.17) is 0 Å². The number of hydrogen-bond acceptors (Lipinski definition) is 4. The van der Waals surface area contributed by atoms with E-state index in [1.807, 2.05) is 19.9 Å². The molecule has 1 aromatic heterocycles. The van der Waals surface area contributed by atoms with Crippen molar-refractivity contribution in [2.24, 2.45) is 0 Å². The van der Waals surface area contributed by atoms with Crippen LogP contribution in [0.25, 0.3) is 16.6 Å². The average molecular weight is 322 g/mol. The monoisotopic (exact) mass is 322 g/mol. The lowest BCUT2D eigenvalue weighted by molar-refractivity contribution is 0.0939. The Morgan fingerprint density at radius 1 is 1.17 bits per heavy atom. The van der Waals surface area contributed by atoms with Crippen LogP contribution >= 0.6 is 0 Å². The van der Waals surface area contributed by atoms with Gasteiger partial charge in [-0.1, -0.05) is 24.3 Å². The number of carbonyl (C=O) groups is 1. The number of amides is 1. The third kappa shape index (κ3) is 3.03. The van der Waals surface area contributed by atoms with Crippen LogP contribution in [0.3, 0.4) is 0 Å². The lowest BCUT2D eigenvalue weighted by Crippen LogP contribution is -2.31. The first-order valence-electron chi connectivity index (χ1n) is 7.86. The molecule has 0 radical (unpaired) electrons. The molecule has 2 aromatic carbocycles. The van der Waals surface area contributed by atoms with Crippen LogP contribution in [0.4, 0.5) is 0 Å². The number of nitrogens with one attached hydrogen (secondary N) is 1. The molecule has 6 heteroatoms. The van der Waals surface area contributed by atoms with Crippen LogP contribution in [0.1, 0.15) is 30.6 Å². The fourth-order valence-corrected chi connectivity index (χ4v) is 2.32. The molecule has 0 spiro atoms. The molecule has 0 aliphatic rings. The zero-order chi connectivity index (χ0) is 17.1. The average Bonchev–Trinajstić information content (AvgIpc) is 2.62. The van der Waals surface area contributed by atoms with E-state index in [2.05, 4.69) is 15.6 Å². The lowest BCUT2D eigenvalue weighted by Gasteiger charge is -2.11. The molecule has 24 heavy (non-hydrogen) atoms. The Kier molecular flexibility index (Phi) is 4.37. The summed E-state index contributed by atoms with van der Waals surface area (Å²) < 4.78 is 1.23. The number of benzene rings is 2. The fraction of sp³-hybridized carbons (Fsp3) is 0.222. The fourth-order valence-electron chi connectivity index (χ4n) is 2.32. The number of aromatic nitrogens is 3. The number of hydrogen-bond donors (Lipinski definition) is 1. The molecule has 0 saturated carbocycles. The Morgan fingerprint density at radius 2 is 1.88 bits per heavy atom. The van der Waals surface area contributed by atoms with Crippen molar-refractivity contribution < 1.29 is 4.79 Å². The lowest BCUT2D eigenvalue weighted by atomic mass is 10.1. The molecule has 1 heterocycles. The summed E-state index contributed by atoms with van der Waals surface area (Å²) in [4.78, 5) is 24.6. The zero-order valence-corrected chi connectivity index (χ0v) is 13.6. The van der Waals surface area contributed by atoms with Crippen molar-refractivity contribution in [1.82, 2.24) is 20.3 Å². The Bertz CT molecular complexity index is 932. The van der Waals surface area contributed by atoms with Gasteiger partial charge >= 0.3 is 0 Å². The summed E-state index contributed by atoms with van der Waals surface area (Å²) in [6.07, 6.45) is 0.867. The highest BCUT2D eigenvalue weighted by atomic mass is 16.1. The van der Waals surface area contributed by atoms with E-state index < -0.39 is 0 Å². The van der Waals surface area contributed by atoms with Gasteiger partial charge < -0.3 is 5.32 Å². The molecule has 3 rings (SSSR count). The molecular formula is C18H18N4O2. The van der Waals surface area contributed by atoms with Crippen LogP contribution in [0, 0.1) is 0 Å². The molecule has 0 fully saturated rings.